The van der Waals surface area contributed by atoms with Gasteiger partial charge in [-0.25, -0.2) is 4.68 Å². The van der Waals surface area contributed by atoms with E-state index in [1.807, 2.05) is 7.05 Å². The average molecular weight is 313 g/mol. The fourth-order valence-corrected chi connectivity index (χ4v) is 3.35. The van der Waals surface area contributed by atoms with Crippen LogP contribution >= 0.6 is 0 Å². The van der Waals surface area contributed by atoms with Crippen LogP contribution in [0.1, 0.15) is 55.0 Å². The summed E-state index contributed by atoms with van der Waals surface area (Å²) in [5.41, 5.74) is 3.52. The maximum absolute atomic E-state index is 6.13. The van der Waals surface area contributed by atoms with Gasteiger partial charge in [-0.05, 0) is 32.4 Å². The molecule has 4 nitrogen and oxygen atoms in total. The van der Waals surface area contributed by atoms with Gasteiger partial charge >= 0.3 is 0 Å². The first-order chi connectivity index (χ1) is 11.3. The molecule has 1 aromatic heterocycles. The molecule has 0 amide bonds. The molecule has 1 aromatic carbocycles. The minimum atomic E-state index is 0.488. The van der Waals surface area contributed by atoms with Gasteiger partial charge in [-0.1, -0.05) is 49.1 Å². The fourth-order valence-electron chi connectivity index (χ4n) is 3.35. The molecule has 4 heteroatoms. The molecular weight excluding hydrogens is 286 g/mol. The molecule has 1 heterocycles. The Labute approximate surface area is 138 Å². The number of hydrogen-bond acceptors (Lipinski definition) is 3. The summed E-state index contributed by atoms with van der Waals surface area (Å²) in [4.78, 5) is 0. The topological polar surface area (TPSA) is 39.1 Å². The second-order valence-electron chi connectivity index (χ2n) is 6.52. The molecule has 1 aliphatic rings. The van der Waals surface area contributed by atoms with Crippen molar-refractivity contribution in [1.82, 2.24) is 15.1 Å². The van der Waals surface area contributed by atoms with Crippen LogP contribution in [0.15, 0.2) is 30.3 Å². The Morgan fingerprint density at radius 2 is 2.04 bits per heavy atom. The fraction of sp³-hybridized carbons (Fsp3) is 0.526. The molecule has 0 radical (unpaired) electrons. The van der Waals surface area contributed by atoms with Gasteiger partial charge in [-0.2, -0.15) is 5.10 Å². The van der Waals surface area contributed by atoms with Gasteiger partial charge in [0, 0.05) is 12.6 Å². The molecule has 23 heavy (non-hydrogen) atoms. The van der Waals surface area contributed by atoms with Gasteiger partial charge in [-0.15, -0.1) is 0 Å². The number of aromatic nitrogens is 2. The van der Waals surface area contributed by atoms with Crippen molar-refractivity contribution in [1.29, 1.82) is 0 Å². The van der Waals surface area contributed by atoms with Crippen molar-refractivity contribution in [3.05, 3.63) is 47.2 Å². The molecule has 0 bridgehead atoms. The van der Waals surface area contributed by atoms with Crippen molar-refractivity contribution < 1.29 is 4.74 Å². The molecule has 1 aliphatic carbocycles. The molecule has 1 fully saturated rings. The van der Waals surface area contributed by atoms with Gasteiger partial charge < -0.3 is 10.1 Å². The highest BCUT2D eigenvalue weighted by Gasteiger charge is 2.20. The van der Waals surface area contributed by atoms with Crippen LogP contribution in [0.3, 0.4) is 0 Å². The summed E-state index contributed by atoms with van der Waals surface area (Å²) in [7, 11) is 1.95. The first-order valence-corrected chi connectivity index (χ1v) is 8.67. The molecule has 0 saturated heterocycles. The molecule has 2 aromatic rings. The lowest BCUT2D eigenvalue weighted by atomic mass is 9.96. The Bertz CT molecular complexity index is 629. The van der Waals surface area contributed by atoms with E-state index in [0.717, 1.165) is 18.1 Å². The number of hydrogen-bond donors (Lipinski definition) is 1. The summed E-state index contributed by atoms with van der Waals surface area (Å²) in [5, 5.41) is 7.96. The molecule has 0 unspecified atom stereocenters. The van der Waals surface area contributed by atoms with Crippen molar-refractivity contribution in [2.45, 2.75) is 58.2 Å². The zero-order valence-corrected chi connectivity index (χ0v) is 14.2. The third-order valence-corrected chi connectivity index (χ3v) is 4.50. The zero-order valence-electron chi connectivity index (χ0n) is 14.2. The molecule has 3 rings (SSSR count). The molecule has 0 atom stereocenters. The lowest BCUT2D eigenvalue weighted by Crippen LogP contribution is -2.16. The van der Waals surface area contributed by atoms with Crippen molar-refractivity contribution >= 4 is 0 Å². The van der Waals surface area contributed by atoms with E-state index in [9.17, 15) is 0 Å². The highest BCUT2D eigenvalue weighted by atomic mass is 16.5. The van der Waals surface area contributed by atoms with E-state index in [-0.39, 0.29) is 0 Å². The number of nitrogens with one attached hydrogen (secondary N) is 1. The van der Waals surface area contributed by atoms with Gasteiger partial charge in [-0.3, -0.25) is 0 Å². The summed E-state index contributed by atoms with van der Waals surface area (Å²) in [5.74, 6) is 0.906. The van der Waals surface area contributed by atoms with Crippen molar-refractivity contribution in [2.75, 3.05) is 7.05 Å². The van der Waals surface area contributed by atoms with Crippen LogP contribution in [0.25, 0.3) is 0 Å². The zero-order chi connectivity index (χ0) is 16.1. The molecule has 1 saturated carbocycles. The molecule has 1 N–H and O–H groups in total. The molecule has 124 valence electrons. The van der Waals surface area contributed by atoms with E-state index in [1.165, 1.54) is 43.2 Å². The normalized spacial score (nSPS) is 15.7. The minimum absolute atomic E-state index is 0.488. The molecule has 0 aliphatic heterocycles. The van der Waals surface area contributed by atoms with Gasteiger partial charge in [0.1, 0.15) is 6.61 Å². The SMILES string of the molecule is CNCc1cc(OCc2cccc(C)c2)n(C2CCCCC2)n1. The van der Waals surface area contributed by atoms with E-state index >= 15 is 0 Å². The Kier molecular flexibility index (Phi) is 5.34. The van der Waals surface area contributed by atoms with Crippen LogP contribution < -0.4 is 10.1 Å². The summed E-state index contributed by atoms with van der Waals surface area (Å²) in [6, 6.07) is 11.1. The minimum Gasteiger partial charge on any atom is -0.473 e. The predicted octanol–water partition coefficient (Wildman–Crippen LogP) is 4.00. The Morgan fingerprint density at radius 3 is 2.78 bits per heavy atom. The second kappa shape index (κ2) is 7.64. The van der Waals surface area contributed by atoms with Gasteiger partial charge in [0.25, 0.3) is 0 Å². The number of nitrogens with zero attached hydrogens (tertiary/aromatic N) is 2. The van der Waals surface area contributed by atoms with Crippen LogP contribution in [0.5, 0.6) is 5.88 Å². The summed E-state index contributed by atoms with van der Waals surface area (Å²) >= 11 is 0. The average Bonchev–Trinajstić information content (AvgIpc) is 2.97. The third kappa shape index (κ3) is 4.14. The lowest BCUT2D eigenvalue weighted by molar-refractivity contribution is 0.237. The first-order valence-electron chi connectivity index (χ1n) is 8.67. The largest absolute Gasteiger partial charge is 0.473 e. The lowest BCUT2D eigenvalue weighted by Gasteiger charge is -2.23. The highest BCUT2D eigenvalue weighted by molar-refractivity contribution is 5.23. The van der Waals surface area contributed by atoms with Crippen molar-refractivity contribution in [2.24, 2.45) is 0 Å². The van der Waals surface area contributed by atoms with Crippen LogP contribution in [-0.4, -0.2) is 16.8 Å². The van der Waals surface area contributed by atoms with E-state index in [2.05, 4.69) is 47.3 Å². The Morgan fingerprint density at radius 1 is 1.22 bits per heavy atom. The monoisotopic (exact) mass is 313 g/mol. The summed E-state index contributed by atoms with van der Waals surface area (Å²) in [6.45, 7) is 3.49. The predicted molar refractivity (Wildman–Crippen MR) is 92.6 cm³/mol. The number of aryl methyl sites for hydroxylation is 1. The van der Waals surface area contributed by atoms with E-state index in [0.29, 0.717) is 12.6 Å². The van der Waals surface area contributed by atoms with Crippen molar-refractivity contribution in [3.8, 4) is 5.88 Å². The maximum Gasteiger partial charge on any atom is 0.212 e. The number of benzene rings is 1. The van der Waals surface area contributed by atoms with Crippen molar-refractivity contribution in [3.63, 3.8) is 0 Å². The quantitative estimate of drug-likeness (QED) is 0.876. The standard InChI is InChI=1S/C19H27N3O/c1-15-7-6-8-16(11-15)14-23-19-12-17(13-20-2)21-22(19)18-9-4-3-5-10-18/h6-8,11-12,18,20H,3-5,9-10,13-14H2,1-2H3. The number of rotatable bonds is 6. The maximum atomic E-state index is 6.13. The molecule has 0 spiro atoms. The summed E-state index contributed by atoms with van der Waals surface area (Å²) in [6.07, 6.45) is 6.36. The third-order valence-electron chi connectivity index (χ3n) is 4.50. The van der Waals surface area contributed by atoms with Crippen LogP contribution in [0, 0.1) is 6.92 Å². The second-order valence-corrected chi connectivity index (χ2v) is 6.52. The van der Waals surface area contributed by atoms with Crippen LogP contribution in [0.2, 0.25) is 0 Å². The smallest absolute Gasteiger partial charge is 0.212 e. The Balaban J connectivity index is 1.75. The van der Waals surface area contributed by atoms with E-state index < -0.39 is 0 Å². The Hall–Kier alpha value is -1.81. The van der Waals surface area contributed by atoms with Crippen LogP contribution in [-0.2, 0) is 13.2 Å². The van der Waals surface area contributed by atoms with E-state index in [1.54, 1.807) is 0 Å². The van der Waals surface area contributed by atoms with Gasteiger partial charge in [0.15, 0.2) is 0 Å². The summed E-state index contributed by atoms with van der Waals surface area (Å²) < 4.78 is 8.26. The molecular formula is C19H27N3O. The number of ether oxygens (including phenoxy) is 1. The first kappa shape index (κ1) is 16.1. The van der Waals surface area contributed by atoms with Gasteiger partial charge in [0.2, 0.25) is 5.88 Å². The highest BCUT2D eigenvalue weighted by Crippen LogP contribution is 2.31. The van der Waals surface area contributed by atoms with Gasteiger partial charge in [0.05, 0.1) is 11.7 Å². The van der Waals surface area contributed by atoms with E-state index in [4.69, 9.17) is 9.84 Å². The van der Waals surface area contributed by atoms with Crippen LogP contribution in [0.4, 0.5) is 0 Å².